The van der Waals surface area contributed by atoms with Gasteiger partial charge in [0, 0.05) is 24.4 Å². The third kappa shape index (κ3) is 5.01. The number of non-ortho nitro benzene ring substituents is 1. The van der Waals surface area contributed by atoms with Crippen LogP contribution in [-0.2, 0) is 9.59 Å². The van der Waals surface area contributed by atoms with Gasteiger partial charge in [0.15, 0.2) is 6.10 Å². The number of fused-ring (bicyclic) bond motifs is 1. The van der Waals surface area contributed by atoms with Gasteiger partial charge in [-0.05, 0) is 24.6 Å². The molecule has 9 heteroatoms. The minimum Gasteiger partial charge on any atom is -0.477 e. The van der Waals surface area contributed by atoms with Crippen LogP contribution in [-0.4, -0.2) is 42.5 Å². The van der Waals surface area contributed by atoms with E-state index in [2.05, 4.69) is 10.6 Å². The van der Waals surface area contributed by atoms with Crippen molar-refractivity contribution in [3.63, 3.8) is 0 Å². The van der Waals surface area contributed by atoms with Crippen molar-refractivity contribution in [2.75, 3.05) is 29.9 Å². The number of rotatable bonds is 7. The van der Waals surface area contributed by atoms with E-state index in [1.54, 1.807) is 23.1 Å². The molecule has 3 rings (SSSR count). The van der Waals surface area contributed by atoms with E-state index in [4.69, 9.17) is 4.74 Å². The van der Waals surface area contributed by atoms with Gasteiger partial charge in [-0.3, -0.25) is 19.7 Å². The highest BCUT2D eigenvalue weighted by atomic mass is 16.6. The largest absolute Gasteiger partial charge is 0.477 e. The molecule has 2 amide bonds. The lowest BCUT2D eigenvalue weighted by atomic mass is 10.1. The third-order valence-electron chi connectivity index (χ3n) is 4.38. The zero-order chi connectivity index (χ0) is 20.8. The Morgan fingerprint density at radius 1 is 1.24 bits per heavy atom. The maximum Gasteiger partial charge on any atom is 0.271 e. The van der Waals surface area contributed by atoms with Crippen LogP contribution >= 0.6 is 0 Å². The molecule has 1 atom stereocenters. The van der Waals surface area contributed by atoms with Crippen LogP contribution in [0.15, 0.2) is 48.5 Å². The van der Waals surface area contributed by atoms with Gasteiger partial charge in [0.2, 0.25) is 5.91 Å². The zero-order valence-corrected chi connectivity index (χ0v) is 16.0. The van der Waals surface area contributed by atoms with Crippen LogP contribution in [0.3, 0.4) is 0 Å². The summed E-state index contributed by atoms with van der Waals surface area (Å²) in [4.78, 5) is 37.1. The van der Waals surface area contributed by atoms with Gasteiger partial charge in [-0.15, -0.1) is 0 Å². The summed E-state index contributed by atoms with van der Waals surface area (Å²) in [5.74, 6) is -0.0566. The van der Waals surface area contributed by atoms with E-state index in [0.717, 1.165) is 6.42 Å². The van der Waals surface area contributed by atoms with Gasteiger partial charge >= 0.3 is 0 Å². The van der Waals surface area contributed by atoms with E-state index in [0.29, 0.717) is 23.7 Å². The molecule has 2 aromatic rings. The minimum atomic E-state index is -0.734. The van der Waals surface area contributed by atoms with Crippen LogP contribution in [0, 0.1) is 10.1 Å². The van der Waals surface area contributed by atoms with Crippen molar-refractivity contribution in [2.24, 2.45) is 0 Å². The van der Waals surface area contributed by atoms with Gasteiger partial charge in [0.05, 0.1) is 23.7 Å². The molecule has 1 heterocycles. The van der Waals surface area contributed by atoms with Gasteiger partial charge in [-0.25, -0.2) is 0 Å². The Labute approximate surface area is 167 Å². The summed E-state index contributed by atoms with van der Waals surface area (Å²) >= 11 is 0. The number of nitro groups is 1. The number of para-hydroxylation sites is 2. The first-order valence-corrected chi connectivity index (χ1v) is 9.30. The maximum absolute atomic E-state index is 12.6. The molecule has 0 unspecified atom stereocenters. The normalized spacial score (nSPS) is 15.1. The number of hydrogen-bond donors (Lipinski definition) is 2. The highest BCUT2D eigenvalue weighted by Gasteiger charge is 2.31. The van der Waals surface area contributed by atoms with Crippen LogP contribution in [0.5, 0.6) is 5.75 Å². The van der Waals surface area contributed by atoms with E-state index in [-0.39, 0.29) is 30.6 Å². The molecule has 152 valence electrons. The van der Waals surface area contributed by atoms with Gasteiger partial charge < -0.3 is 20.3 Å². The lowest BCUT2D eigenvalue weighted by Gasteiger charge is -2.35. The van der Waals surface area contributed by atoms with Crippen molar-refractivity contribution >= 4 is 28.9 Å². The number of benzene rings is 2. The summed E-state index contributed by atoms with van der Waals surface area (Å²) in [6, 6.07) is 12.9. The SMILES string of the molecule is CCCNC(=O)[C@H]1CN(CC(=O)Nc2cccc([N+](=O)[O-])c2)c2ccccc2O1. The Bertz CT molecular complexity index is 917. The van der Waals surface area contributed by atoms with E-state index < -0.39 is 11.0 Å². The Hall–Kier alpha value is -3.62. The number of carbonyl (C=O) groups excluding carboxylic acids is 2. The molecule has 0 radical (unpaired) electrons. The number of nitrogens with one attached hydrogen (secondary N) is 2. The summed E-state index contributed by atoms with van der Waals surface area (Å²) in [6.45, 7) is 2.70. The lowest BCUT2D eigenvalue weighted by Crippen LogP contribution is -2.50. The molecule has 9 nitrogen and oxygen atoms in total. The summed E-state index contributed by atoms with van der Waals surface area (Å²) in [6.07, 6.45) is 0.0757. The second-order valence-electron chi connectivity index (χ2n) is 6.60. The number of nitro benzene ring substituents is 1. The van der Waals surface area contributed by atoms with E-state index in [9.17, 15) is 19.7 Å². The quantitative estimate of drug-likeness (QED) is 0.547. The van der Waals surface area contributed by atoms with Crippen LogP contribution in [0.1, 0.15) is 13.3 Å². The maximum atomic E-state index is 12.6. The molecule has 29 heavy (non-hydrogen) atoms. The molecule has 2 aromatic carbocycles. The average Bonchev–Trinajstić information content (AvgIpc) is 2.72. The smallest absolute Gasteiger partial charge is 0.271 e. The Morgan fingerprint density at radius 2 is 2.03 bits per heavy atom. The fraction of sp³-hybridized carbons (Fsp3) is 0.300. The minimum absolute atomic E-state index is 0.0272. The zero-order valence-electron chi connectivity index (χ0n) is 16.0. The predicted octanol–water partition coefficient (Wildman–Crippen LogP) is 2.33. The topological polar surface area (TPSA) is 114 Å². The van der Waals surface area contributed by atoms with Crippen molar-refractivity contribution in [1.82, 2.24) is 5.32 Å². The molecule has 0 bridgehead atoms. The van der Waals surface area contributed by atoms with E-state index in [1.807, 2.05) is 19.1 Å². The van der Waals surface area contributed by atoms with Gasteiger partial charge in [-0.2, -0.15) is 0 Å². The van der Waals surface area contributed by atoms with E-state index in [1.165, 1.54) is 18.2 Å². The van der Waals surface area contributed by atoms with Crippen molar-refractivity contribution in [2.45, 2.75) is 19.4 Å². The first-order chi connectivity index (χ1) is 14.0. The van der Waals surface area contributed by atoms with Crippen LogP contribution in [0.25, 0.3) is 0 Å². The first-order valence-electron chi connectivity index (χ1n) is 9.30. The predicted molar refractivity (Wildman–Crippen MR) is 108 cm³/mol. The summed E-state index contributed by atoms with van der Waals surface area (Å²) in [5, 5.41) is 16.4. The molecule has 0 saturated heterocycles. The molecule has 0 saturated carbocycles. The molecule has 1 aliphatic heterocycles. The Balaban J connectivity index is 1.72. The van der Waals surface area contributed by atoms with Crippen LogP contribution in [0.2, 0.25) is 0 Å². The summed E-state index contributed by atoms with van der Waals surface area (Å²) in [5.41, 5.74) is 0.941. The van der Waals surface area contributed by atoms with Gasteiger partial charge in [0.25, 0.3) is 11.6 Å². The van der Waals surface area contributed by atoms with Gasteiger partial charge in [-0.1, -0.05) is 25.1 Å². The number of hydrogen-bond acceptors (Lipinski definition) is 6. The van der Waals surface area contributed by atoms with Crippen molar-refractivity contribution < 1.29 is 19.2 Å². The van der Waals surface area contributed by atoms with Crippen LogP contribution in [0.4, 0.5) is 17.1 Å². The summed E-state index contributed by atoms with van der Waals surface area (Å²) < 4.78 is 5.80. The highest BCUT2D eigenvalue weighted by molar-refractivity contribution is 5.95. The molecular weight excluding hydrogens is 376 g/mol. The fourth-order valence-corrected chi connectivity index (χ4v) is 3.03. The standard InChI is InChI=1S/C20H22N4O5/c1-2-10-21-20(26)18-12-23(16-8-3-4-9-17(16)29-18)13-19(25)22-14-6-5-7-15(11-14)24(27)28/h3-9,11,18H,2,10,12-13H2,1H3,(H,21,26)(H,22,25)/t18-/m1/s1. The molecule has 0 fully saturated rings. The van der Waals surface area contributed by atoms with Crippen LogP contribution < -0.4 is 20.3 Å². The number of ether oxygens (including phenoxy) is 1. The van der Waals surface area contributed by atoms with Crippen molar-refractivity contribution in [3.05, 3.63) is 58.6 Å². The molecule has 2 N–H and O–H groups in total. The monoisotopic (exact) mass is 398 g/mol. The second kappa shape index (κ2) is 9.05. The molecule has 1 aliphatic rings. The fourth-order valence-electron chi connectivity index (χ4n) is 3.03. The molecule has 0 spiro atoms. The average molecular weight is 398 g/mol. The first kappa shape index (κ1) is 20.1. The molecule has 0 aromatic heterocycles. The van der Waals surface area contributed by atoms with Gasteiger partial charge in [0.1, 0.15) is 5.75 Å². The highest BCUT2D eigenvalue weighted by Crippen LogP contribution is 2.33. The van der Waals surface area contributed by atoms with Crippen molar-refractivity contribution in [1.29, 1.82) is 0 Å². The number of amides is 2. The molecule has 0 aliphatic carbocycles. The Morgan fingerprint density at radius 3 is 2.79 bits per heavy atom. The van der Waals surface area contributed by atoms with E-state index >= 15 is 0 Å². The molecular formula is C20H22N4O5. The number of anilines is 2. The lowest BCUT2D eigenvalue weighted by molar-refractivity contribution is -0.384. The Kier molecular flexibility index (Phi) is 6.28. The number of carbonyl (C=O) groups is 2. The van der Waals surface area contributed by atoms with Crippen molar-refractivity contribution in [3.8, 4) is 5.75 Å². The number of nitrogens with zero attached hydrogens (tertiary/aromatic N) is 2. The third-order valence-corrected chi connectivity index (χ3v) is 4.38. The second-order valence-corrected chi connectivity index (χ2v) is 6.60. The summed E-state index contributed by atoms with van der Waals surface area (Å²) in [7, 11) is 0.